The van der Waals surface area contributed by atoms with Gasteiger partial charge in [-0.05, 0) is 24.7 Å². The summed E-state index contributed by atoms with van der Waals surface area (Å²) in [5.41, 5.74) is -0.141. The number of carboxylic acid groups (broad SMARTS) is 2. The van der Waals surface area contributed by atoms with Crippen LogP contribution < -0.4 is 5.32 Å². The maximum absolute atomic E-state index is 12.3. The van der Waals surface area contributed by atoms with Gasteiger partial charge in [-0.3, -0.25) is 9.59 Å². The molecule has 1 saturated carbocycles. The molecular formula is C14H23NO5. The molecule has 2 unspecified atom stereocenters. The highest BCUT2D eigenvalue weighted by atomic mass is 16.4. The predicted octanol–water partition coefficient (Wildman–Crippen LogP) is 1.64. The van der Waals surface area contributed by atoms with Crippen molar-refractivity contribution in [2.24, 2.45) is 11.3 Å². The van der Waals surface area contributed by atoms with Crippen molar-refractivity contribution in [1.29, 1.82) is 0 Å². The van der Waals surface area contributed by atoms with Crippen LogP contribution in [0.25, 0.3) is 0 Å². The Morgan fingerprint density at radius 3 is 2.40 bits per heavy atom. The number of carboxylic acids is 2. The smallest absolute Gasteiger partial charge is 0.326 e. The lowest BCUT2D eigenvalue weighted by Gasteiger charge is -2.38. The van der Waals surface area contributed by atoms with Gasteiger partial charge in [0.05, 0.1) is 0 Å². The third kappa shape index (κ3) is 4.51. The first-order valence-corrected chi connectivity index (χ1v) is 6.99. The van der Waals surface area contributed by atoms with Crippen molar-refractivity contribution in [3.63, 3.8) is 0 Å². The van der Waals surface area contributed by atoms with Crippen LogP contribution in [0.1, 0.15) is 52.4 Å². The molecule has 114 valence electrons. The SMILES string of the molecule is CC1(C)CCCCC1C(=O)NC(CCC(=O)O)C(=O)O. The van der Waals surface area contributed by atoms with E-state index in [0.717, 1.165) is 25.7 Å². The summed E-state index contributed by atoms with van der Waals surface area (Å²) in [6.07, 6.45) is 3.38. The number of carbonyl (C=O) groups excluding carboxylic acids is 1. The van der Waals surface area contributed by atoms with E-state index in [1.807, 2.05) is 13.8 Å². The summed E-state index contributed by atoms with van der Waals surface area (Å²) in [5, 5.41) is 20.2. The molecule has 0 radical (unpaired) electrons. The second kappa shape index (κ2) is 6.72. The molecule has 0 bridgehead atoms. The molecule has 6 heteroatoms. The number of carbonyl (C=O) groups is 3. The Morgan fingerprint density at radius 1 is 1.25 bits per heavy atom. The Morgan fingerprint density at radius 2 is 1.90 bits per heavy atom. The summed E-state index contributed by atoms with van der Waals surface area (Å²) in [7, 11) is 0. The molecule has 0 aromatic carbocycles. The summed E-state index contributed by atoms with van der Waals surface area (Å²) in [4.78, 5) is 33.8. The highest BCUT2D eigenvalue weighted by molar-refractivity contribution is 5.85. The Labute approximate surface area is 118 Å². The topological polar surface area (TPSA) is 104 Å². The zero-order chi connectivity index (χ0) is 15.3. The van der Waals surface area contributed by atoms with Crippen molar-refractivity contribution in [3.05, 3.63) is 0 Å². The van der Waals surface area contributed by atoms with E-state index in [2.05, 4.69) is 5.32 Å². The first-order chi connectivity index (χ1) is 9.24. The Balaban J connectivity index is 2.65. The highest BCUT2D eigenvalue weighted by Crippen LogP contribution is 2.40. The van der Waals surface area contributed by atoms with Crippen LogP contribution in [-0.4, -0.2) is 34.1 Å². The maximum atomic E-state index is 12.3. The monoisotopic (exact) mass is 285 g/mol. The van der Waals surface area contributed by atoms with Crippen LogP contribution in [0.5, 0.6) is 0 Å². The lowest BCUT2D eigenvalue weighted by Crippen LogP contribution is -2.48. The number of hydrogen-bond donors (Lipinski definition) is 3. The third-order valence-electron chi connectivity index (χ3n) is 4.09. The van der Waals surface area contributed by atoms with E-state index < -0.39 is 18.0 Å². The fourth-order valence-electron chi connectivity index (χ4n) is 2.78. The second-order valence-corrected chi connectivity index (χ2v) is 6.12. The first kappa shape index (κ1) is 16.5. The molecule has 0 spiro atoms. The van der Waals surface area contributed by atoms with Gasteiger partial charge in [0.25, 0.3) is 0 Å². The van der Waals surface area contributed by atoms with Crippen LogP contribution in [0.3, 0.4) is 0 Å². The fraction of sp³-hybridized carbons (Fsp3) is 0.786. The second-order valence-electron chi connectivity index (χ2n) is 6.12. The number of nitrogens with one attached hydrogen (secondary N) is 1. The van der Waals surface area contributed by atoms with Crippen LogP contribution in [0.15, 0.2) is 0 Å². The van der Waals surface area contributed by atoms with Gasteiger partial charge >= 0.3 is 11.9 Å². The molecular weight excluding hydrogens is 262 g/mol. The zero-order valence-corrected chi connectivity index (χ0v) is 12.0. The van der Waals surface area contributed by atoms with Gasteiger partial charge in [-0.15, -0.1) is 0 Å². The number of hydrogen-bond acceptors (Lipinski definition) is 3. The number of amides is 1. The lowest BCUT2D eigenvalue weighted by atomic mass is 9.68. The molecule has 0 saturated heterocycles. The Kier molecular flexibility index (Phi) is 5.53. The fourth-order valence-corrected chi connectivity index (χ4v) is 2.78. The normalized spacial score (nSPS) is 22.8. The molecule has 0 heterocycles. The van der Waals surface area contributed by atoms with E-state index in [-0.39, 0.29) is 30.1 Å². The predicted molar refractivity (Wildman–Crippen MR) is 72.2 cm³/mol. The van der Waals surface area contributed by atoms with E-state index in [9.17, 15) is 14.4 Å². The van der Waals surface area contributed by atoms with Crippen LogP contribution >= 0.6 is 0 Å². The van der Waals surface area contributed by atoms with E-state index in [1.165, 1.54) is 0 Å². The van der Waals surface area contributed by atoms with Crippen molar-refractivity contribution >= 4 is 17.8 Å². The van der Waals surface area contributed by atoms with Crippen molar-refractivity contribution in [2.45, 2.75) is 58.4 Å². The molecule has 1 fully saturated rings. The van der Waals surface area contributed by atoms with Gasteiger partial charge in [-0.2, -0.15) is 0 Å². The van der Waals surface area contributed by atoms with Crippen molar-refractivity contribution in [2.75, 3.05) is 0 Å². The van der Waals surface area contributed by atoms with Crippen LogP contribution in [0.4, 0.5) is 0 Å². The first-order valence-electron chi connectivity index (χ1n) is 6.99. The average Bonchev–Trinajstić information content (AvgIpc) is 2.32. The van der Waals surface area contributed by atoms with Gasteiger partial charge in [-0.25, -0.2) is 4.79 Å². The zero-order valence-electron chi connectivity index (χ0n) is 12.0. The third-order valence-corrected chi connectivity index (χ3v) is 4.09. The van der Waals surface area contributed by atoms with Crippen molar-refractivity contribution < 1.29 is 24.6 Å². The van der Waals surface area contributed by atoms with E-state index in [4.69, 9.17) is 10.2 Å². The standard InChI is InChI=1S/C14H23NO5/c1-14(2)8-4-3-5-9(14)12(18)15-10(13(19)20)6-7-11(16)17/h9-10H,3-8H2,1-2H3,(H,15,18)(H,16,17)(H,19,20). The van der Waals surface area contributed by atoms with Crippen molar-refractivity contribution in [3.8, 4) is 0 Å². The highest BCUT2D eigenvalue weighted by Gasteiger charge is 2.38. The molecule has 2 atom stereocenters. The summed E-state index contributed by atoms with van der Waals surface area (Å²) in [6, 6.07) is -1.13. The van der Waals surface area contributed by atoms with Gasteiger partial charge in [0.15, 0.2) is 0 Å². The van der Waals surface area contributed by atoms with Crippen LogP contribution in [0.2, 0.25) is 0 Å². The molecule has 20 heavy (non-hydrogen) atoms. The van der Waals surface area contributed by atoms with Gasteiger partial charge in [0.2, 0.25) is 5.91 Å². The largest absolute Gasteiger partial charge is 0.481 e. The van der Waals surface area contributed by atoms with Gasteiger partial charge < -0.3 is 15.5 Å². The Hall–Kier alpha value is -1.59. The summed E-state index contributed by atoms with van der Waals surface area (Å²) < 4.78 is 0. The van der Waals surface area contributed by atoms with Crippen molar-refractivity contribution in [1.82, 2.24) is 5.32 Å². The molecule has 1 aliphatic carbocycles. The number of aliphatic carboxylic acids is 2. The average molecular weight is 285 g/mol. The van der Waals surface area contributed by atoms with E-state index >= 15 is 0 Å². The summed E-state index contributed by atoms with van der Waals surface area (Å²) in [5.74, 6) is -2.73. The maximum Gasteiger partial charge on any atom is 0.326 e. The molecule has 3 N–H and O–H groups in total. The molecule has 1 amide bonds. The van der Waals surface area contributed by atoms with Crippen LogP contribution in [-0.2, 0) is 14.4 Å². The molecule has 1 rings (SSSR count). The minimum Gasteiger partial charge on any atom is -0.481 e. The molecule has 0 aromatic heterocycles. The molecule has 0 aliphatic heterocycles. The minimum atomic E-state index is -1.19. The van der Waals surface area contributed by atoms with Gasteiger partial charge in [0, 0.05) is 12.3 Å². The van der Waals surface area contributed by atoms with E-state index in [0.29, 0.717) is 0 Å². The molecule has 6 nitrogen and oxygen atoms in total. The summed E-state index contributed by atoms with van der Waals surface area (Å²) >= 11 is 0. The Bertz CT molecular complexity index is 391. The molecule has 1 aliphatic rings. The van der Waals surface area contributed by atoms with Gasteiger partial charge in [-0.1, -0.05) is 26.7 Å². The summed E-state index contributed by atoms with van der Waals surface area (Å²) in [6.45, 7) is 4.03. The van der Waals surface area contributed by atoms with Gasteiger partial charge in [0.1, 0.15) is 6.04 Å². The van der Waals surface area contributed by atoms with E-state index in [1.54, 1.807) is 0 Å². The molecule has 0 aromatic rings. The quantitative estimate of drug-likeness (QED) is 0.688. The minimum absolute atomic E-state index is 0.0937. The number of rotatable bonds is 6. The van der Waals surface area contributed by atoms with Crippen LogP contribution in [0, 0.1) is 11.3 Å². The lowest BCUT2D eigenvalue weighted by molar-refractivity contribution is -0.144.